The molecule has 0 amide bonds. The maximum absolute atomic E-state index is 6.23. The average Bonchev–Trinajstić information content (AvgIpc) is 3.01. The standard InChI is InChI=1S/C13H20ClN3/c1-8-5-9(2)7-11(6-8)17-12(10-3-4-10)15-16-13(17)14/h8-11H,3-7H2,1-2H3. The van der Waals surface area contributed by atoms with Gasteiger partial charge in [0, 0.05) is 12.0 Å². The van der Waals surface area contributed by atoms with Gasteiger partial charge in [-0.05, 0) is 55.5 Å². The molecule has 94 valence electrons. The maximum atomic E-state index is 6.23. The Balaban J connectivity index is 1.89. The molecule has 2 fully saturated rings. The van der Waals surface area contributed by atoms with Gasteiger partial charge in [0.15, 0.2) is 0 Å². The molecule has 2 aliphatic carbocycles. The monoisotopic (exact) mass is 253 g/mol. The van der Waals surface area contributed by atoms with Crippen molar-refractivity contribution in [2.45, 2.75) is 57.9 Å². The Bertz CT molecular complexity index is 401. The Morgan fingerprint density at radius 2 is 1.71 bits per heavy atom. The Labute approximate surface area is 108 Å². The molecule has 1 aromatic heterocycles. The third-order valence-electron chi connectivity index (χ3n) is 4.14. The van der Waals surface area contributed by atoms with Gasteiger partial charge in [0.2, 0.25) is 5.28 Å². The lowest BCUT2D eigenvalue weighted by molar-refractivity contribution is 0.218. The SMILES string of the molecule is CC1CC(C)CC(n2c(Cl)nnc2C2CC2)C1. The molecule has 2 unspecified atom stereocenters. The van der Waals surface area contributed by atoms with Crippen LogP contribution in [0.5, 0.6) is 0 Å². The smallest absolute Gasteiger partial charge is 0.225 e. The highest BCUT2D eigenvalue weighted by Crippen LogP contribution is 2.44. The van der Waals surface area contributed by atoms with E-state index in [1.807, 2.05) is 0 Å². The number of hydrogen-bond acceptors (Lipinski definition) is 2. The van der Waals surface area contributed by atoms with E-state index in [1.54, 1.807) is 0 Å². The lowest BCUT2D eigenvalue weighted by Crippen LogP contribution is -2.24. The largest absolute Gasteiger partial charge is 0.298 e. The van der Waals surface area contributed by atoms with Crippen LogP contribution in [0.25, 0.3) is 0 Å². The molecule has 4 heteroatoms. The molecule has 2 aliphatic rings. The first-order valence-corrected chi connectivity index (χ1v) is 7.13. The van der Waals surface area contributed by atoms with Crippen LogP contribution < -0.4 is 0 Å². The van der Waals surface area contributed by atoms with Crippen molar-refractivity contribution in [3.8, 4) is 0 Å². The van der Waals surface area contributed by atoms with Crippen LogP contribution in [0.1, 0.15) is 63.7 Å². The lowest BCUT2D eigenvalue weighted by atomic mass is 9.80. The van der Waals surface area contributed by atoms with Crippen molar-refractivity contribution >= 4 is 11.6 Å². The van der Waals surface area contributed by atoms with Gasteiger partial charge in [-0.2, -0.15) is 0 Å². The van der Waals surface area contributed by atoms with Gasteiger partial charge in [0.1, 0.15) is 5.82 Å². The van der Waals surface area contributed by atoms with Crippen molar-refractivity contribution < 1.29 is 0 Å². The van der Waals surface area contributed by atoms with Crippen LogP contribution in [-0.4, -0.2) is 14.8 Å². The van der Waals surface area contributed by atoms with Gasteiger partial charge in [-0.25, -0.2) is 0 Å². The minimum absolute atomic E-state index is 0.520. The lowest BCUT2D eigenvalue weighted by Gasteiger charge is -2.33. The highest BCUT2D eigenvalue weighted by atomic mass is 35.5. The molecule has 3 nitrogen and oxygen atoms in total. The predicted molar refractivity (Wildman–Crippen MR) is 68.2 cm³/mol. The van der Waals surface area contributed by atoms with Gasteiger partial charge in [0.25, 0.3) is 0 Å². The molecule has 0 N–H and O–H groups in total. The van der Waals surface area contributed by atoms with Gasteiger partial charge >= 0.3 is 0 Å². The highest BCUT2D eigenvalue weighted by Gasteiger charge is 2.34. The first kappa shape index (κ1) is 11.5. The molecule has 2 atom stereocenters. The molecule has 1 aromatic rings. The summed E-state index contributed by atoms with van der Waals surface area (Å²) in [6.07, 6.45) is 6.30. The van der Waals surface area contributed by atoms with Gasteiger partial charge in [-0.1, -0.05) is 13.8 Å². The van der Waals surface area contributed by atoms with Crippen molar-refractivity contribution in [3.05, 3.63) is 11.1 Å². The number of hydrogen-bond donors (Lipinski definition) is 0. The second-order valence-electron chi connectivity index (χ2n) is 6.04. The van der Waals surface area contributed by atoms with Crippen molar-refractivity contribution in [2.75, 3.05) is 0 Å². The summed E-state index contributed by atoms with van der Waals surface area (Å²) in [6, 6.07) is 0.520. The summed E-state index contributed by atoms with van der Waals surface area (Å²) in [5.74, 6) is 3.34. The third kappa shape index (κ3) is 2.22. The first-order valence-electron chi connectivity index (χ1n) is 6.75. The molecule has 0 spiro atoms. The van der Waals surface area contributed by atoms with E-state index in [-0.39, 0.29) is 0 Å². The second-order valence-corrected chi connectivity index (χ2v) is 6.38. The topological polar surface area (TPSA) is 30.7 Å². The van der Waals surface area contributed by atoms with E-state index in [4.69, 9.17) is 11.6 Å². The summed E-state index contributed by atoms with van der Waals surface area (Å²) in [4.78, 5) is 0. The Morgan fingerprint density at radius 1 is 1.06 bits per heavy atom. The normalized spacial score (nSPS) is 33.9. The molecular formula is C13H20ClN3. The van der Waals surface area contributed by atoms with E-state index in [9.17, 15) is 0 Å². The summed E-state index contributed by atoms with van der Waals surface area (Å²) < 4.78 is 2.23. The molecular weight excluding hydrogens is 234 g/mol. The van der Waals surface area contributed by atoms with Crippen molar-refractivity contribution in [3.63, 3.8) is 0 Å². The molecule has 17 heavy (non-hydrogen) atoms. The van der Waals surface area contributed by atoms with Gasteiger partial charge in [-0.15, -0.1) is 10.2 Å². The zero-order valence-corrected chi connectivity index (χ0v) is 11.3. The number of aromatic nitrogens is 3. The molecule has 0 bridgehead atoms. The van der Waals surface area contributed by atoms with Gasteiger partial charge in [-0.3, -0.25) is 4.57 Å². The van der Waals surface area contributed by atoms with Crippen molar-refractivity contribution in [1.82, 2.24) is 14.8 Å². The molecule has 3 rings (SSSR count). The van der Waals surface area contributed by atoms with Crippen molar-refractivity contribution in [2.24, 2.45) is 11.8 Å². The zero-order chi connectivity index (χ0) is 12.0. The molecule has 0 aliphatic heterocycles. The summed E-state index contributed by atoms with van der Waals surface area (Å²) in [5, 5.41) is 8.96. The van der Waals surface area contributed by atoms with Crippen molar-refractivity contribution in [1.29, 1.82) is 0 Å². The van der Waals surface area contributed by atoms with Crippen LogP contribution in [-0.2, 0) is 0 Å². The third-order valence-corrected chi connectivity index (χ3v) is 4.40. The van der Waals surface area contributed by atoms with E-state index in [0.29, 0.717) is 17.2 Å². The van der Waals surface area contributed by atoms with E-state index in [1.165, 1.54) is 32.1 Å². The summed E-state index contributed by atoms with van der Waals surface area (Å²) >= 11 is 6.23. The van der Waals surface area contributed by atoms with E-state index >= 15 is 0 Å². The molecule has 2 saturated carbocycles. The molecule has 1 heterocycles. The van der Waals surface area contributed by atoms with Crippen LogP contribution in [0.15, 0.2) is 0 Å². The highest BCUT2D eigenvalue weighted by molar-refractivity contribution is 6.28. The summed E-state index contributed by atoms with van der Waals surface area (Å²) in [7, 11) is 0. The Morgan fingerprint density at radius 3 is 2.29 bits per heavy atom. The fourth-order valence-electron chi connectivity index (χ4n) is 3.36. The van der Waals surface area contributed by atoms with Crippen LogP contribution in [0.4, 0.5) is 0 Å². The molecule has 0 aromatic carbocycles. The fourth-order valence-corrected chi connectivity index (χ4v) is 3.62. The minimum atomic E-state index is 0.520. The quantitative estimate of drug-likeness (QED) is 0.803. The Kier molecular flexibility index (Phi) is 2.89. The predicted octanol–water partition coefficient (Wildman–Crippen LogP) is 3.81. The van der Waals surface area contributed by atoms with Gasteiger partial charge < -0.3 is 0 Å². The second kappa shape index (κ2) is 4.27. The number of nitrogens with zero attached hydrogens (tertiary/aromatic N) is 3. The van der Waals surface area contributed by atoms with Crippen LogP contribution in [0.2, 0.25) is 5.28 Å². The van der Waals surface area contributed by atoms with E-state index < -0.39 is 0 Å². The number of halogens is 1. The Hall–Kier alpha value is -0.570. The van der Waals surface area contributed by atoms with Crippen LogP contribution in [0.3, 0.4) is 0 Å². The van der Waals surface area contributed by atoms with E-state index in [0.717, 1.165) is 17.7 Å². The first-order chi connectivity index (χ1) is 8.15. The van der Waals surface area contributed by atoms with Crippen LogP contribution >= 0.6 is 11.6 Å². The molecule has 0 saturated heterocycles. The average molecular weight is 254 g/mol. The van der Waals surface area contributed by atoms with Gasteiger partial charge in [0.05, 0.1) is 0 Å². The molecule has 0 radical (unpaired) electrons. The minimum Gasteiger partial charge on any atom is -0.298 e. The fraction of sp³-hybridized carbons (Fsp3) is 0.846. The summed E-state index contributed by atoms with van der Waals surface area (Å²) in [5.41, 5.74) is 0. The summed E-state index contributed by atoms with van der Waals surface area (Å²) in [6.45, 7) is 4.69. The number of rotatable bonds is 2. The zero-order valence-electron chi connectivity index (χ0n) is 10.6. The maximum Gasteiger partial charge on any atom is 0.225 e. The van der Waals surface area contributed by atoms with E-state index in [2.05, 4.69) is 28.6 Å². The van der Waals surface area contributed by atoms with Crippen LogP contribution in [0, 0.1) is 11.8 Å².